The van der Waals surface area contributed by atoms with Gasteiger partial charge in [0.1, 0.15) is 0 Å². The molecule has 1 nitrogen and oxygen atoms in total. The molecular formula is C9H15NS. The molecule has 1 atom stereocenters. The average Bonchev–Trinajstić information content (AvgIpc) is 2.03. The third-order valence-corrected chi connectivity index (χ3v) is 1.98. The van der Waals surface area contributed by atoms with E-state index < -0.39 is 0 Å². The van der Waals surface area contributed by atoms with E-state index in [1.807, 2.05) is 0 Å². The molecule has 0 spiro atoms. The predicted octanol–water partition coefficient (Wildman–Crippen LogP) is 3.45. The van der Waals surface area contributed by atoms with Gasteiger partial charge in [0.25, 0.3) is 0 Å². The Morgan fingerprint density at radius 1 is 1.73 bits per heavy atom. The van der Waals surface area contributed by atoms with Crippen LogP contribution in [0.25, 0.3) is 0 Å². The van der Waals surface area contributed by atoms with Crippen LogP contribution < -0.4 is 0 Å². The van der Waals surface area contributed by atoms with Crippen LogP contribution in [0, 0.1) is 5.92 Å². The van der Waals surface area contributed by atoms with Crippen LogP contribution in [0.1, 0.15) is 20.3 Å². The van der Waals surface area contributed by atoms with E-state index in [1.54, 1.807) is 11.6 Å². The zero-order valence-corrected chi connectivity index (χ0v) is 8.03. The standard InChI is InChI=1S/C9H15NS/c1-5-8(3)9(4)7-10-11-6-2/h6-8H,2,4-5H2,1,3H3. The van der Waals surface area contributed by atoms with Crippen molar-refractivity contribution in [2.24, 2.45) is 10.3 Å². The van der Waals surface area contributed by atoms with Gasteiger partial charge in [-0.2, -0.15) is 0 Å². The third-order valence-electron chi connectivity index (χ3n) is 1.60. The first-order valence-electron chi connectivity index (χ1n) is 3.71. The van der Waals surface area contributed by atoms with E-state index in [1.165, 1.54) is 11.9 Å². The lowest BCUT2D eigenvalue weighted by Gasteiger charge is -2.05. The van der Waals surface area contributed by atoms with Gasteiger partial charge in [-0.3, -0.25) is 0 Å². The van der Waals surface area contributed by atoms with Gasteiger partial charge < -0.3 is 0 Å². The summed E-state index contributed by atoms with van der Waals surface area (Å²) in [5.41, 5.74) is 1.09. The smallest absolute Gasteiger partial charge is 0.0384 e. The molecule has 0 saturated carbocycles. The van der Waals surface area contributed by atoms with E-state index in [4.69, 9.17) is 0 Å². The Balaban J connectivity index is 3.75. The summed E-state index contributed by atoms with van der Waals surface area (Å²) < 4.78 is 4.03. The molecule has 0 aliphatic carbocycles. The summed E-state index contributed by atoms with van der Waals surface area (Å²) in [4.78, 5) is 0. The fraction of sp³-hybridized carbons (Fsp3) is 0.444. The zero-order chi connectivity index (χ0) is 8.69. The van der Waals surface area contributed by atoms with Crippen molar-refractivity contribution in [3.05, 3.63) is 24.1 Å². The van der Waals surface area contributed by atoms with Crippen LogP contribution in [0.2, 0.25) is 0 Å². The van der Waals surface area contributed by atoms with Crippen LogP contribution in [0.5, 0.6) is 0 Å². The lowest BCUT2D eigenvalue weighted by molar-refractivity contribution is 0.683. The maximum absolute atomic E-state index is 4.03. The van der Waals surface area contributed by atoms with Crippen LogP contribution in [0.15, 0.2) is 28.5 Å². The third kappa shape index (κ3) is 4.85. The molecule has 1 unspecified atom stereocenters. The van der Waals surface area contributed by atoms with E-state index >= 15 is 0 Å². The zero-order valence-electron chi connectivity index (χ0n) is 7.21. The monoisotopic (exact) mass is 169 g/mol. The number of hydrogen-bond acceptors (Lipinski definition) is 2. The molecule has 0 heterocycles. The molecular weight excluding hydrogens is 154 g/mol. The molecule has 0 N–H and O–H groups in total. The molecule has 0 fully saturated rings. The Kier molecular flexibility index (Phi) is 5.94. The molecule has 0 saturated heterocycles. The van der Waals surface area contributed by atoms with E-state index in [9.17, 15) is 0 Å². The van der Waals surface area contributed by atoms with Crippen LogP contribution >= 0.6 is 11.9 Å². The highest BCUT2D eigenvalue weighted by molar-refractivity contribution is 8.00. The van der Waals surface area contributed by atoms with Crippen molar-refractivity contribution in [1.29, 1.82) is 0 Å². The van der Waals surface area contributed by atoms with Gasteiger partial charge in [0.15, 0.2) is 0 Å². The van der Waals surface area contributed by atoms with Gasteiger partial charge in [-0.1, -0.05) is 27.0 Å². The summed E-state index contributed by atoms with van der Waals surface area (Å²) in [6, 6.07) is 0. The average molecular weight is 169 g/mol. The quantitative estimate of drug-likeness (QED) is 0.453. The minimum atomic E-state index is 0.532. The molecule has 2 heteroatoms. The molecule has 0 amide bonds. The number of allylic oxidation sites excluding steroid dienone is 1. The van der Waals surface area contributed by atoms with Gasteiger partial charge in [-0.25, -0.2) is 4.40 Å². The van der Waals surface area contributed by atoms with E-state index in [0.717, 1.165) is 12.0 Å². The van der Waals surface area contributed by atoms with Crippen molar-refractivity contribution < 1.29 is 0 Å². The fourth-order valence-corrected chi connectivity index (χ4v) is 0.813. The highest BCUT2D eigenvalue weighted by Gasteiger charge is 1.99. The van der Waals surface area contributed by atoms with Crippen LogP contribution in [-0.4, -0.2) is 6.21 Å². The maximum Gasteiger partial charge on any atom is 0.0384 e. The normalized spacial score (nSPS) is 13.3. The Morgan fingerprint density at radius 2 is 2.36 bits per heavy atom. The lowest BCUT2D eigenvalue weighted by Crippen LogP contribution is -1.96. The topological polar surface area (TPSA) is 12.4 Å². The van der Waals surface area contributed by atoms with E-state index in [-0.39, 0.29) is 0 Å². The predicted molar refractivity (Wildman–Crippen MR) is 54.9 cm³/mol. The Labute approximate surface area is 73.4 Å². The van der Waals surface area contributed by atoms with Crippen molar-refractivity contribution in [3.63, 3.8) is 0 Å². The fourth-order valence-electron chi connectivity index (χ4n) is 0.531. The van der Waals surface area contributed by atoms with Gasteiger partial charge in [0.2, 0.25) is 0 Å². The first-order chi connectivity index (χ1) is 5.22. The summed E-state index contributed by atoms with van der Waals surface area (Å²) in [7, 11) is 0. The minimum absolute atomic E-state index is 0.532. The van der Waals surface area contributed by atoms with Crippen molar-refractivity contribution in [1.82, 2.24) is 0 Å². The summed E-state index contributed by atoms with van der Waals surface area (Å²) in [6.07, 6.45) is 2.92. The van der Waals surface area contributed by atoms with E-state index in [0.29, 0.717) is 5.92 Å². The van der Waals surface area contributed by atoms with Crippen molar-refractivity contribution >= 4 is 18.2 Å². The maximum atomic E-state index is 4.03. The Hall–Kier alpha value is -0.500. The van der Waals surface area contributed by atoms with Crippen molar-refractivity contribution in [3.8, 4) is 0 Å². The second-order valence-electron chi connectivity index (χ2n) is 2.39. The van der Waals surface area contributed by atoms with Gasteiger partial charge in [-0.15, -0.1) is 0 Å². The van der Waals surface area contributed by atoms with Gasteiger partial charge >= 0.3 is 0 Å². The summed E-state index contributed by atoms with van der Waals surface area (Å²) in [5, 5.41) is 1.69. The van der Waals surface area contributed by atoms with Crippen LogP contribution in [0.4, 0.5) is 0 Å². The van der Waals surface area contributed by atoms with Gasteiger partial charge in [0, 0.05) is 18.2 Å². The Morgan fingerprint density at radius 3 is 2.82 bits per heavy atom. The second-order valence-corrected chi connectivity index (χ2v) is 3.15. The van der Waals surface area contributed by atoms with Crippen molar-refractivity contribution in [2.75, 3.05) is 0 Å². The van der Waals surface area contributed by atoms with Crippen molar-refractivity contribution in [2.45, 2.75) is 20.3 Å². The number of hydrogen-bond donors (Lipinski definition) is 0. The second kappa shape index (κ2) is 6.23. The summed E-state index contributed by atoms with van der Waals surface area (Å²) in [5.74, 6) is 0.532. The lowest BCUT2D eigenvalue weighted by atomic mass is 10.0. The largest absolute Gasteiger partial charge is 0.220 e. The highest BCUT2D eigenvalue weighted by Crippen LogP contribution is 2.11. The van der Waals surface area contributed by atoms with Gasteiger partial charge in [-0.05, 0) is 23.3 Å². The number of nitrogens with zero attached hydrogens (tertiary/aromatic N) is 1. The first kappa shape index (κ1) is 10.5. The molecule has 11 heavy (non-hydrogen) atoms. The molecule has 0 rings (SSSR count). The molecule has 0 aromatic heterocycles. The minimum Gasteiger partial charge on any atom is -0.220 e. The Bertz CT molecular complexity index is 161. The molecule has 0 bridgehead atoms. The highest BCUT2D eigenvalue weighted by atomic mass is 32.2. The van der Waals surface area contributed by atoms with Crippen LogP contribution in [-0.2, 0) is 0 Å². The SMILES string of the molecule is C=CSN=CC(=C)C(C)CC. The molecule has 0 aliphatic rings. The molecule has 0 aromatic carbocycles. The first-order valence-corrected chi connectivity index (χ1v) is 4.54. The number of rotatable bonds is 5. The summed E-state index contributed by atoms with van der Waals surface area (Å²) in [6.45, 7) is 11.7. The molecule has 62 valence electrons. The molecule has 0 aromatic rings. The molecule has 0 radical (unpaired) electrons. The van der Waals surface area contributed by atoms with E-state index in [2.05, 4.69) is 31.4 Å². The summed E-state index contributed by atoms with van der Waals surface area (Å²) >= 11 is 1.34. The van der Waals surface area contributed by atoms with Crippen LogP contribution in [0.3, 0.4) is 0 Å². The van der Waals surface area contributed by atoms with Gasteiger partial charge in [0.05, 0.1) is 0 Å². The molecule has 0 aliphatic heterocycles.